The highest BCUT2D eigenvalue weighted by molar-refractivity contribution is 5.89. The van der Waals surface area contributed by atoms with Crippen LogP contribution in [0.2, 0.25) is 0 Å². The molecule has 3 N–H and O–H groups in total. The molecule has 0 unspecified atom stereocenters. The molecule has 9 heteroatoms. The summed E-state index contributed by atoms with van der Waals surface area (Å²) in [6, 6.07) is 12.2. The second-order valence-electron chi connectivity index (χ2n) is 8.19. The van der Waals surface area contributed by atoms with Gasteiger partial charge in [-0.2, -0.15) is 10.1 Å². The standard InChI is InChI=1S/C23H23N9/c1-3-19-26-21(30-29-19)14-6-8-15(9-7-14)22-27-23(32(2)31-22)25-18-11-10-17-16(12-24-28-17)20(18)13-4-5-13/h6-13H,3-5H2,1-2H3,(H,24,28)(H,25,27,31)(H,26,29,30). The number of benzene rings is 2. The Hall–Kier alpha value is -4.01. The van der Waals surface area contributed by atoms with E-state index in [4.69, 9.17) is 4.98 Å². The number of nitrogens with one attached hydrogen (secondary N) is 3. The second-order valence-corrected chi connectivity index (χ2v) is 8.19. The van der Waals surface area contributed by atoms with Gasteiger partial charge in [-0.3, -0.25) is 5.10 Å². The predicted molar refractivity (Wildman–Crippen MR) is 123 cm³/mol. The van der Waals surface area contributed by atoms with Crippen LogP contribution in [-0.4, -0.2) is 40.1 Å². The Morgan fingerprint density at radius 3 is 2.62 bits per heavy atom. The quantitative estimate of drug-likeness (QED) is 0.373. The molecular formula is C23H23N9. The third-order valence-electron chi connectivity index (χ3n) is 5.95. The van der Waals surface area contributed by atoms with Crippen LogP contribution in [0.3, 0.4) is 0 Å². The fraction of sp³-hybridized carbons (Fsp3) is 0.261. The lowest BCUT2D eigenvalue weighted by Crippen LogP contribution is -2.02. The lowest BCUT2D eigenvalue weighted by Gasteiger charge is -2.11. The molecule has 1 aliphatic carbocycles. The van der Waals surface area contributed by atoms with Crippen LogP contribution < -0.4 is 5.32 Å². The molecule has 0 bridgehead atoms. The van der Waals surface area contributed by atoms with E-state index in [0.29, 0.717) is 17.7 Å². The topological polar surface area (TPSA) is 113 Å². The van der Waals surface area contributed by atoms with Gasteiger partial charge in [-0.05, 0) is 36.5 Å². The maximum Gasteiger partial charge on any atom is 0.225 e. The Morgan fingerprint density at radius 2 is 1.88 bits per heavy atom. The first-order chi connectivity index (χ1) is 15.7. The van der Waals surface area contributed by atoms with E-state index in [0.717, 1.165) is 40.4 Å². The zero-order chi connectivity index (χ0) is 21.7. The zero-order valence-corrected chi connectivity index (χ0v) is 17.9. The maximum absolute atomic E-state index is 4.77. The molecule has 3 aromatic heterocycles. The summed E-state index contributed by atoms with van der Waals surface area (Å²) in [7, 11) is 1.90. The Morgan fingerprint density at radius 1 is 1.06 bits per heavy atom. The van der Waals surface area contributed by atoms with Gasteiger partial charge in [0.15, 0.2) is 11.6 Å². The fourth-order valence-corrected chi connectivity index (χ4v) is 4.06. The molecule has 9 nitrogen and oxygen atoms in total. The van der Waals surface area contributed by atoms with E-state index in [9.17, 15) is 0 Å². The van der Waals surface area contributed by atoms with Crippen LogP contribution in [0.15, 0.2) is 42.6 Å². The van der Waals surface area contributed by atoms with Crippen molar-refractivity contribution in [2.75, 3.05) is 5.32 Å². The number of anilines is 2. The Labute approximate surface area is 184 Å². The number of H-pyrrole nitrogens is 2. The Balaban J connectivity index is 1.29. The van der Waals surface area contributed by atoms with Gasteiger partial charge >= 0.3 is 0 Å². The van der Waals surface area contributed by atoms with Crippen molar-refractivity contribution >= 4 is 22.5 Å². The summed E-state index contributed by atoms with van der Waals surface area (Å²) in [6.07, 6.45) is 5.16. The van der Waals surface area contributed by atoms with Crippen LogP contribution in [0.4, 0.5) is 11.6 Å². The molecule has 1 aliphatic rings. The summed E-state index contributed by atoms with van der Waals surface area (Å²) in [5.41, 5.74) is 5.37. The third kappa shape index (κ3) is 3.22. The number of hydrogen-bond acceptors (Lipinski definition) is 6. The first kappa shape index (κ1) is 18.7. The summed E-state index contributed by atoms with van der Waals surface area (Å²) in [5, 5.41) is 24.9. The van der Waals surface area contributed by atoms with Crippen molar-refractivity contribution < 1.29 is 0 Å². The van der Waals surface area contributed by atoms with Crippen LogP contribution in [0, 0.1) is 0 Å². The van der Waals surface area contributed by atoms with Crippen LogP contribution in [0.1, 0.15) is 37.1 Å². The number of fused-ring (bicyclic) bond motifs is 1. The van der Waals surface area contributed by atoms with Crippen molar-refractivity contribution in [3.8, 4) is 22.8 Å². The van der Waals surface area contributed by atoms with E-state index in [-0.39, 0.29) is 0 Å². The van der Waals surface area contributed by atoms with Crippen molar-refractivity contribution in [3.63, 3.8) is 0 Å². The molecule has 0 atom stereocenters. The molecule has 6 rings (SSSR count). The molecule has 32 heavy (non-hydrogen) atoms. The summed E-state index contributed by atoms with van der Waals surface area (Å²) in [6.45, 7) is 2.05. The molecule has 3 heterocycles. The normalized spacial score (nSPS) is 13.7. The van der Waals surface area contributed by atoms with Crippen molar-refractivity contribution in [2.45, 2.75) is 32.1 Å². The van der Waals surface area contributed by atoms with Crippen molar-refractivity contribution in [1.29, 1.82) is 0 Å². The van der Waals surface area contributed by atoms with Gasteiger partial charge in [-0.1, -0.05) is 31.2 Å². The van der Waals surface area contributed by atoms with Crippen LogP contribution in [0.5, 0.6) is 0 Å². The molecule has 0 radical (unpaired) electrons. The van der Waals surface area contributed by atoms with Gasteiger partial charge in [-0.25, -0.2) is 4.68 Å². The van der Waals surface area contributed by atoms with Crippen molar-refractivity contribution in [3.05, 3.63) is 54.0 Å². The second kappa shape index (κ2) is 7.30. The molecule has 1 saturated carbocycles. The molecule has 0 aliphatic heterocycles. The first-order valence-electron chi connectivity index (χ1n) is 10.9. The monoisotopic (exact) mass is 425 g/mol. The molecular weight excluding hydrogens is 402 g/mol. The smallest absolute Gasteiger partial charge is 0.225 e. The highest BCUT2D eigenvalue weighted by Crippen LogP contribution is 2.47. The SMILES string of the molecule is CCc1nnc(-c2ccc(-c3nc(Nc4ccc5[nH]ncc5c4C4CC4)n(C)n3)cc2)[nH]1. The number of rotatable bonds is 6. The molecule has 2 aromatic carbocycles. The highest BCUT2D eigenvalue weighted by Gasteiger charge is 2.29. The van der Waals surface area contributed by atoms with Gasteiger partial charge in [0, 0.05) is 35.7 Å². The lowest BCUT2D eigenvalue weighted by molar-refractivity contribution is 0.778. The fourth-order valence-electron chi connectivity index (χ4n) is 4.06. The van der Waals surface area contributed by atoms with Crippen molar-refractivity contribution in [2.24, 2.45) is 7.05 Å². The van der Waals surface area contributed by atoms with Gasteiger partial charge < -0.3 is 10.3 Å². The number of hydrogen-bond donors (Lipinski definition) is 3. The summed E-state index contributed by atoms with van der Waals surface area (Å²) in [5.74, 6) is 3.60. The Bertz CT molecular complexity index is 1400. The van der Waals surface area contributed by atoms with Crippen LogP contribution >= 0.6 is 0 Å². The average molecular weight is 426 g/mol. The third-order valence-corrected chi connectivity index (χ3v) is 5.95. The molecule has 160 valence electrons. The van der Waals surface area contributed by atoms with Crippen molar-refractivity contribution in [1.82, 2.24) is 40.1 Å². The summed E-state index contributed by atoms with van der Waals surface area (Å²) < 4.78 is 1.78. The lowest BCUT2D eigenvalue weighted by atomic mass is 10.0. The van der Waals surface area contributed by atoms with E-state index in [1.54, 1.807) is 4.68 Å². The molecule has 5 aromatic rings. The Kier molecular flexibility index (Phi) is 4.27. The number of aryl methyl sites for hydroxylation is 2. The maximum atomic E-state index is 4.77. The molecule has 0 spiro atoms. The van der Waals surface area contributed by atoms with Crippen LogP contribution in [0.25, 0.3) is 33.7 Å². The first-order valence-corrected chi connectivity index (χ1v) is 10.9. The minimum absolute atomic E-state index is 0.573. The van der Waals surface area contributed by atoms with Gasteiger partial charge in [0.1, 0.15) is 5.82 Å². The summed E-state index contributed by atoms with van der Waals surface area (Å²) >= 11 is 0. The zero-order valence-electron chi connectivity index (χ0n) is 17.9. The number of aromatic nitrogens is 8. The highest BCUT2D eigenvalue weighted by atomic mass is 15.4. The predicted octanol–water partition coefficient (Wildman–Crippen LogP) is 4.33. The molecule has 0 saturated heterocycles. The van der Waals surface area contributed by atoms with E-state index >= 15 is 0 Å². The van der Waals surface area contributed by atoms with E-state index in [1.807, 2.05) is 44.4 Å². The van der Waals surface area contributed by atoms with Gasteiger partial charge in [0.05, 0.1) is 11.7 Å². The minimum atomic E-state index is 0.573. The number of aromatic amines is 2. The average Bonchev–Trinajstić information content (AvgIpc) is 3.20. The van der Waals surface area contributed by atoms with E-state index in [2.05, 4.69) is 47.9 Å². The van der Waals surface area contributed by atoms with Gasteiger partial charge in [0.2, 0.25) is 5.95 Å². The van der Waals surface area contributed by atoms with Crippen LogP contribution in [-0.2, 0) is 13.5 Å². The summed E-state index contributed by atoms with van der Waals surface area (Å²) in [4.78, 5) is 8.00. The van der Waals surface area contributed by atoms with Gasteiger partial charge in [-0.15, -0.1) is 15.3 Å². The van der Waals surface area contributed by atoms with E-state index in [1.165, 1.54) is 23.8 Å². The van der Waals surface area contributed by atoms with Gasteiger partial charge in [0.25, 0.3) is 0 Å². The minimum Gasteiger partial charge on any atom is -0.325 e. The van der Waals surface area contributed by atoms with E-state index < -0.39 is 0 Å². The molecule has 0 amide bonds. The largest absolute Gasteiger partial charge is 0.325 e. The molecule has 1 fully saturated rings. The number of nitrogens with zero attached hydrogens (tertiary/aromatic N) is 6.